The molecule has 0 saturated carbocycles. The van der Waals surface area contributed by atoms with Gasteiger partial charge in [0.25, 0.3) is 0 Å². The molecule has 0 spiro atoms. The first-order valence-corrected chi connectivity index (χ1v) is 7.45. The molecule has 2 aromatic rings. The predicted molar refractivity (Wildman–Crippen MR) is 85.3 cm³/mol. The van der Waals surface area contributed by atoms with Gasteiger partial charge in [0.05, 0.1) is 0 Å². The van der Waals surface area contributed by atoms with Crippen molar-refractivity contribution in [2.45, 2.75) is 32.3 Å². The molecule has 114 valence electrons. The summed E-state index contributed by atoms with van der Waals surface area (Å²) in [5, 5.41) is 0. The Morgan fingerprint density at radius 3 is 2.18 bits per heavy atom. The van der Waals surface area contributed by atoms with Crippen LogP contribution in [-0.2, 0) is 20.9 Å². The Balaban J connectivity index is 1.76. The zero-order chi connectivity index (χ0) is 15.8. The number of carbonyl (C=O) groups is 2. The number of hydrogen-bond acceptors (Lipinski definition) is 3. The third-order valence-electron chi connectivity index (χ3n) is 3.61. The van der Waals surface area contributed by atoms with Crippen molar-refractivity contribution in [1.82, 2.24) is 0 Å². The maximum absolute atomic E-state index is 11.8. The molecular formula is C19H20O3. The average Bonchev–Trinajstić information content (AvgIpc) is 2.58. The van der Waals surface area contributed by atoms with Gasteiger partial charge in [0, 0.05) is 6.42 Å². The molecule has 0 aliphatic rings. The molecule has 0 saturated heterocycles. The lowest BCUT2D eigenvalue weighted by atomic mass is 9.95. The minimum Gasteiger partial charge on any atom is -0.455 e. The molecule has 1 unspecified atom stereocenters. The summed E-state index contributed by atoms with van der Waals surface area (Å²) in [5.41, 5.74) is 2.05. The second kappa shape index (κ2) is 8.13. The van der Waals surface area contributed by atoms with Crippen molar-refractivity contribution >= 4 is 11.8 Å². The van der Waals surface area contributed by atoms with Gasteiger partial charge in [-0.2, -0.15) is 0 Å². The molecule has 1 atom stereocenters. The number of rotatable bonds is 7. The molecule has 3 heteroatoms. The van der Waals surface area contributed by atoms with Crippen LogP contribution in [-0.4, -0.2) is 11.8 Å². The molecule has 0 fully saturated rings. The highest BCUT2D eigenvalue weighted by Crippen LogP contribution is 2.20. The molecule has 0 amide bonds. The monoisotopic (exact) mass is 296 g/mol. The van der Waals surface area contributed by atoms with E-state index in [0.717, 1.165) is 5.56 Å². The zero-order valence-electron chi connectivity index (χ0n) is 12.7. The normalized spacial score (nSPS) is 11.7. The number of carbonyl (C=O) groups excluding carboxylic acids is 2. The van der Waals surface area contributed by atoms with Crippen LogP contribution in [0.2, 0.25) is 0 Å². The SMILES string of the molecule is CC(CCC(=O)C(=O)OCc1ccccc1)c1ccccc1. The lowest BCUT2D eigenvalue weighted by Gasteiger charge is -2.10. The highest BCUT2D eigenvalue weighted by Gasteiger charge is 2.17. The predicted octanol–water partition coefficient (Wildman–Crippen LogP) is 3.88. The average molecular weight is 296 g/mol. The van der Waals surface area contributed by atoms with E-state index < -0.39 is 11.8 Å². The molecule has 0 heterocycles. The van der Waals surface area contributed by atoms with Crippen LogP contribution in [0.5, 0.6) is 0 Å². The lowest BCUT2D eigenvalue weighted by molar-refractivity contribution is -0.154. The molecule has 0 aliphatic heterocycles. The van der Waals surface area contributed by atoms with E-state index in [1.807, 2.05) is 60.7 Å². The van der Waals surface area contributed by atoms with Crippen LogP contribution in [0.1, 0.15) is 36.8 Å². The molecule has 0 aromatic heterocycles. The van der Waals surface area contributed by atoms with Crippen molar-refractivity contribution in [1.29, 1.82) is 0 Å². The Bertz CT molecular complexity index is 605. The van der Waals surface area contributed by atoms with Gasteiger partial charge >= 0.3 is 5.97 Å². The first-order chi connectivity index (χ1) is 10.7. The van der Waals surface area contributed by atoms with E-state index in [-0.39, 0.29) is 18.9 Å². The van der Waals surface area contributed by atoms with Crippen LogP contribution >= 0.6 is 0 Å². The number of Topliss-reactive ketones (excluding diaryl/α,β-unsaturated/α-hetero) is 1. The highest BCUT2D eigenvalue weighted by molar-refractivity contribution is 6.33. The fourth-order valence-corrected chi connectivity index (χ4v) is 2.20. The van der Waals surface area contributed by atoms with E-state index in [0.29, 0.717) is 6.42 Å². The summed E-state index contributed by atoms with van der Waals surface area (Å²) in [6.07, 6.45) is 0.854. The first kappa shape index (κ1) is 16.0. The van der Waals surface area contributed by atoms with Crippen molar-refractivity contribution in [2.75, 3.05) is 0 Å². The van der Waals surface area contributed by atoms with Crippen LogP contribution in [0.3, 0.4) is 0 Å². The lowest BCUT2D eigenvalue weighted by Crippen LogP contribution is -2.17. The van der Waals surface area contributed by atoms with Gasteiger partial charge in [-0.05, 0) is 23.5 Å². The summed E-state index contributed by atoms with van der Waals surface area (Å²) in [6.45, 7) is 2.19. The van der Waals surface area contributed by atoms with E-state index in [1.54, 1.807) is 0 Å². The maximum Gasteiger partial charge on any atom is 0.374 e. The van der Waals surface area contributed by atoms with E-state index in [1.165, 1.54) is 5.56 Å². The smallest absolute Gasteiger partial charge is 0.374 e. The summed E-state index contributed by atoms with van der Waals surface area (Å²) >= 11 is 0. The number of hydrogen-bond donors (Lipinski definition) is 0. The Morgan fingerprint density at radius 1 is 0.955 bits per heavy atom. The Kier molecular flexibility index (Phi) is 5.90. The molecule has 0 radical (unpaired) electrons. The summed E-state index contributed by atoms with van der Waals surface area (Å²) in [6, 6.07) is 19.3. The fraction of sp³-hybridized carbons (Fsp3) is 0.263. The Labute approximate surface area is 130 Å². The fourth-order valence-electron chi connectivity index (χ4n) is 2.20. The molecule has 0 bridgehead atoms. The second-order valence-electron chi connectivity index (χ2n) is 5.34. The maximum atomic E-state index is 11.8. The molecule has 22 heavy (non-hydrogen) atoms. The first-order valence-electron chi connectivity index (χ1n) is 7.45. The van der Waals surface area contributed by atoms with Gasteiger partial charge in [0.1, 0.15) is 6.61 Å². The number of ether oxygens (including phenoxy) is 1. The molecule has 2 aromatic carbocycles. The van der Waals surface area contributed by atoms with Crippen molar-refractivity contribution in [3.05, 3.63) is 71.8 Å². The molecule has 0 N–H and O–H groups in total. The van der Waals surface area contributed by atoms with E-state index in [2.05, 4.69) is 6.92 Å². The second-order valence-corrected chi connectivity index (χ2v) is 5.34. The zero-order valence-corrected chi connectivity index (χ0v) is 12.7. The van der Waals surface area contributed by atoms with Gasteiger partial charge in [-0.1, -0.05) is 67.6 Å². The third kappa shape index (κ3) is 4.85. The molecule has 2 rings (SSSR count). The van der Waals surface area contributed by atoms with Crippen molar-refractivity contribution in [3.8, 4) is 0 Å². The molecule has 3 nitrogen and oxygen atoms in total. The van der Waals surface area contributed by atoms with Crippen LogP contribution in [0.4, 0.5) is 0 Å². The molecule has 0 aliphatic carbocycles. The van der Waals surface area contributed by atoms with Crippen LogP contribution in [0.25, 0.3) is 0 Å². The number of benzene rings is 2. The highest BCUT2D eigenvalue weighted by atomic mass is 16.5. The van der Waals surface area contributed by atoms with Crippen molar-refractivity contribution in [2.24, 2.45) is 0 Å². The van der Waals surface area contributed by atoms with E-state index >= 15 is 0 Å². The standard InChI is InChI=1S/C19H20O3/c1-15(17-10-6-3-7-11-17)12-13-18(20)19(21)22-14-16-8-4-2-5-9-16/h2-11,15H,12-14H2,1H3. The summed E-state index contributed by atoms with van der Waals surface area (Å²) in [4.78, 5) is 23.5. The summed E-state index contributed by atoms with van der Waals surface area (Å²) in [5.74, 6) is -0.963. The number of esters is 1. The molecular weight excluding hydrogens is 276 g/mol. The van der Waals surface area contributed by atoms with Gasteiger partial charge in [-0.25, -0.2) is 4.79 Å². The van der Waals surface area contributed by atoms with Crippen LogP contribution in [0.15, 0.2) is 60.7 Å². The number of ketones is 1. The summed E-state index contributed by atoms with van der Waals surface area (Å²) in [7, 11) is 0. The van der Waals surface area contributed by atoms with Gasteiger partial charge in [-0.3, -0.25) is 4.79 Å². The minimum absolute atomic E-state index is 0.139. The quantitative estimate of drug-likeness (QED) is 0.575. The van der Waals surface area contributed by atoms with Gasteiger partial charge in [-0.15, -0.1) is 0 Å². The van der Waals surface area contributed by atoms with Gasteiger partial charge < -0.3 is 4.74 Å². The van der Waals surface area contributed by atoms with Crippen LogP contribution < -0.4 is 0 Å². The van der Waals surface area contributed by atoms with Gasteiger partial charge in [0.15, 0.2) is 0 Å². The van der Waals surface area contributed by atoms with E-state index in [4.69, 9.17) is 4.74 Å². The van der Waals surface area contributed by atoms with Crippen molar-refractivity contribution in [3.63, 3.8) is 0 Å². The van der Waals surface area contributed by atoms with Gasteiger partial charge in [0.2, 0.25) is 5.78 Å². The Hall–Kier alpha value is -2.42. The van der Waals surface area contributed by atoms with Crippen molar-refractivity contribution < 1.29 is 14.3 Å². The third-order valence-corrected chi connectivity index (χ3v) is 3.61. The topological polar surface area (TPSA) is 43.4 Å². The minimum atomic E-state index is -0.746. The largest absolute Gasteiger partial charge is 0.455 e. The summed E-state index contributed by atoms with van der Waals surface area (Å²) < 4.78 is 5.04. The Morgan fingerprint density at radius 2 is 1.55 bits per heavy atom. The van der Waals surface area contributed by atoms with Crippen LogP contribution in [0, 0.1) is 0 Å². The van der Waals surface area contributed by atoms with E-state index in [9.17, 15) is 9.59 Å².